The summed E-state index contributed by atoms with van der Waals surface area (Å²) in [6.07, 6.45) is 0. The fraction of sp³-hybridized carbons (Fsp3) is 1.00. The summed E-state index contributed by atoms with van der Waals surface area (Å²) < 4.78 is 0.833. The van der Waals surface area contributed by atoms with Crippen molar-refractivity contribution >= 4 is 53.2 Å². The largest absolute Gasteiger partial charge is 0.316 e. The van der Waals surface area contributed by atoms with E-state index in [0.717, 1.165) is 4.59 Å². The summed E-state index contributed by atoms with van der Waals surface area (Å²) >= 11 is 2.17. The smallest absolute Gasteiger partial charge is 0.316 e. The van der Waals surface area contributed by atoms with E-state index in [0.29, 0.717) is 0 Å². The van der Waals surface area contributed by atoms with Crippen LogP contribution in [-0.2, 0) is 0 Å². The molecule has 3 heteroatoms. The van der Waals surface area contributed by atoms with Gasteiger partial charge in [-0.25, -0.2) is 0 Å². The van der Waals surface area contributed by atoms with Gasteiger partial charge < -0.3 is 0 Å². The van der Waals surface area contributed by atoms with Gasteiger partial charge in [-0.1, -0.05) is 0 Å². The maximum Gasteiger partial charge on any atom is 0.316 e. The molecule has 0 aliphatic rings. The molecule has 0 bridgehead atoms. The zero-order valence-electron chi connectivity index (χ0n) is 3.99. The Morgan fingerprint density at radius 1 is 1.33 bits per heavy atom. The second-order valence-corrected chi connectivity index (χ2v) is 1.73. The second kappa shape index (κ2) is 9.82. The van der Waals surface area contributed by atoms with E-state index in [1.54, 1.807) is 0 Å². The summed E-state index contributed by atoms with van der Waals surface area (Å²) in [4.78, 5) is 0. The molecule has 0 aliphatic carbocycles. The van der Waals surface area contributed by atoms with Crippen LogP contribution >= 0.6 is 12.4 Å². The average molecular weight is 113 g/mol. The maximum atomic E-state index is 2.17. The molecule has 0 heterocycles. The Morgan fingerprint density at radius 3 is 1.33 bits per heavy atom. The molecular formula is C3H10ClLiMg. The van der Waals surface area contributed by atoms with Crippen molar-refractivity contribution in [3.8, 4) is 0 Å². The molecule has 0 aromatic rings. The minimum atomic E-state index is 0. The van der Waals surface area contributed by atoms with Crippen LogP contribution in [-0.4, -0.2) is 40.8 Å². The normalized spacial score (nSPS) is 6.17. The van der Waals surface area contributed by atoms with Crippen molar-refractivity contribution in [1.82, 2.24) is 0 Å². The molecule has 0 unspecified atom stereocenters. The summed E-state index contributed by atoms with van der Waals surface area (Å²) in [6.45, 7) is 4.33. The zero-order valence-corrected chi connectivity index (χ0v) is 4.80. The Hall–Kier alpha value is 1.65. The third kappa shape index (κ3) is 44.8. The molecule has 32 valence electrons. The second-order valence-electron chi connectivity index (χ2n) is 1.73. The van der Waals surface area contributed by atoms with Crippen molar-refractivity contribution < 1.29 is 0 Å². The molecule has 0 aromatic carbocycles. The van der Waals surface area contributed by atoms with Gasteiger partial charge in [0.15, 0.2) is 0 Å². The Kier molecular flexibility index (Phi) is 25.6. The molecule has 0 fully saturated rings. The Balaban J connectivity index is -0.0000000450. The van der Waals surface area contributed by atoms with Crippen LogP contribution in [0.4, 0.5) is 0 Å². The van der Waals surface area contributed by atoms with Crippen LogP contribution in [0, 0.1) is 0 Å². The fourth-order valence-electron chi connectivity index (χ4n) is 0. The van der Waals surface area contributed by atoms with E-state index in [2.05, 4.69) is 31.6 Å². The Labute approximate surface area is 71.2 Å². The first-order chi connectivity index (χ1) is 1.73. The van der Waals surface area contributed by atoms with E-state index in [1.165, 1.54) is 0 Å². The van der Waals surface area contributed by atoms with Gasteiger partial charge in [0.05, 0.1) is 0 Å². The summed E-state index contributed by atoms with van der Waals surface area (Å²) in [6, 6.07) is 0. The van der Waals surface area contributed by atoms with E-state index in [9.17, 15) is 0 Å². The molecule has 0 amide bonds. The fourth-order valence-corrected chi connectivity index (χ4v) is 0. The maximum absolute atomic E-state index is 2.17. The molecule has 0 aliphatic heterocycles. The third-order valence-corrected chi connectivity index (χ3v) is 0. The summed E-state index contributed by atoms with van der Waals surface area (Å²) in [7, 11) is 0. The molecular weight excluding hydrogens is 103 g/mol. The molecule has 0 aromatic heterocycles. The van der Waals surface area contributed by atoms with Crippen molar-refractivity contribution in [3.63, 3.8) is 0 Å². The molecule has 0 radical (unpaired) electrons. The number of halogens is 1. The summed E-state index contributed by atoms with van der Waals surface area (Å²) in [5, 5.41) is 0. The Morgan fingerprint density at radius 2 is 1.33 bits per heavy atom. The van der Waals surface area contributed by atoms with Crippen molar-refractivity contribution in [1.29, 1.82) is 0 Å². The predicted molar refractivity (Wildman–Crippen MR) is 36.6 cm³/mol. The van der Waals surface area contributed by atoms with E-state index in [-0.39, 0.29) is 35.5 Å². The quantitative estimate of drug-likeness (QED) is 0.401. The van der Waals surface area contributed by atoms with E-state index in [4.69, 9.17) is 0 Å². The predicted octanol–water partition coefficient (Wildman–Crippen LogP) is 0.489. The van der Waals surface area contributed by atoms with Crippen LogP contribution in [0.3, 0.4) is 0 Å². The number of hydrogen-bond donors (Lipinski definition) is 0. The first-order valence-corrected chi connectivity index (χ1v) is 1.73. The summed E-state index contributed by atoms with van der Waals surface area (Å²) in [5.41, 5.74) is 0. The monoisotopic (exact) mass is 112 g/mol. The molecule has 0 rings (SSSR count). The SMILES string of the molecule is Cl.[Li][CH](C)C.[MgH2]. The van der Waals surface area contributed by atoms with Crippen LogP contribution < -0.4 is 0 Å². The van der Waals surface area contributed by atoms with Gasteiger partial charge in [-0.15, -0.1) is 12.4 Å². The van der Waals surface area contributed by atoms with Gasteiger partial charge in [0, 0.05) is 0 Å². The Bertz CT molecular complexity index is 15.5. The van der Waals surface area contributed by atoms with Gasteiger partial charge >= 0.3 is 59.2 Å². The van der Waals surface area contributed by atoms with Gasteiger partial charge in [0.2, 0.25) is 0 Å². The molecule has 0 spiro atoms. The molecule has 0 N–H and O–H groups in total. The van der Waals surface area contributed by atoms with Crippen molar-refractivity contribution in [2.24, 2.45) is 0 Å². The van der Waals surface area contributed by atoms with Gasteiger partial charge in [-0.2, -0.15) is 0 Å². The van der Waals surface area contributed by atoms with Crippen LogP contribution in [0.25, 0.3) is 0 Å². The standard InChI is InChI=1S/C3H7.ClH.Li.Mg.2H/c1-3-2;;;;;/h3H,1-2H3;1H;;;;. The molecule has 6 heavy (non-hydrogen) atoms. The first-order valence-electron chi connectivity index (χ1n) is 1.73. The zero-order chi connectivity index (χ0) is 3.58. The van der Waals surface area contributed by atoms with Crippen molar-refractivity contribution in [3.05, 3.63) is 0 Å². The third-order valence-electron chi connectivity index (χ3n) is 0. The van der Waals surface area contributed by atoms with Gasteiger partial charge in [-0.05, 0) is 0 Å². The van der Waals surface area contributed by atoms with E-state index >= 15 is 0 Å². The van der Waals surface area contributed by atoms with Crippen LogP contribution in [0.1, 0.15) is 13.8 Å². The molecule has 0 saturated heterocycles. The minimum Gasteiger partial charge on any atom is 0.316 e. The van der Waals surface area contributed by atoms with Crippen molar-refractivity contribution in [2.45, 2.75) is 18.4 Å². The number of hydrogen-bond acceptors (Lipinski definition) is 0. The van der Waals surface area contributed by atoms with Gasteiger partial charge in [0.25, 0.3) is 0 Å². The van der Waals surface area contributed by atoms with Crippen LogP contribution in [0.2, 0.25) is 4.59 Å². The van der Waals surface area contributed by atoms with Crippen LogP contribution in [0.15, 0.2) is 0 Å². The van der Waals surface area contributed by atoms with Crippen molar-refractivity contribution in [2.75, 3.05) is 0 Å². The van der Waals surface area contributed by atoms with Crippen LogP contribution in [0.5, 0.6) is 0 Å². The average Bonchev–Trinajstić information content (AvgIpc) is 0.811. The first kappa shape index (κ1) is 15.6. The van der Waals surface area contributed by atoms with Gasteiger partial charge in [-0.3, -0.25) is 0 Å². The minimum absolute atomic E-state index is 0. The molecule has 0 saturated carbocycles. The van der Waals surface area contributed by atoms with E-state index in [1.807, 2.05) is 0 Å². The van der Waals surface area contributed by atoms with Gasteiger partial charge in [0.1, 0.15) is 0 Å². The van der Waals surface area contributed by atoms with E-state index < -0.39 is 0 Å². The summed E-state index contributed by atoms with van der Waals surface area (Å²) in [5.74, 6) is 0. The molecule has 0 atom stereocenters. The number of rotatable bonds is 0. The molecule has 0 nitrogen and oxygen atoms in total. The topological polar surface area (TPSA) is 0 Å².